The van der Waals surface area contributed by atoms with Gasteiger partial charge in [-0.05, 0) is 80.1 Å². The summed E-state index contributed by atoms with van der Waals surface area (Å²) in [6.45, 7) is 16.7. The van der Waals surface area contributed by atoms with Crippen LogP contribution in [0.4, 0.5) is 0 Å². The molecular weight excluding hydrogens is 1020 g/mol. The highest BCUT2D eigenvalue weighted by atomic mass is 35.5. The average molecular weight is 1090 g/mol. The lowest BCUT2D eigenvalue weighted by Gasteiger charge is -2.63. The number of aliphatic hydroxyl groups is 1. The number of thiazole rings is 1. The Labute approximate surface area is 461 Å². The molecule has 4 atom stereocenters. The van der Waals surface area contributed by atoms with Gasteiger partial charge in [-0.1, -0.05) is 115 Å². The van der Waals surface area contributed by atoms with Crippen LogP contribution in [-0.2, 0) is 14.4 Å². The number of aryl methyl sites for hydroxylation is 2. The number of carbonyl (C=O) groups is 5. The van der Waals surface area contributed by atoms with Crippen LogP contribution in [0.15, 0.2) is 82.8 Å². The number of nitrogens with zero attached hydrogens (tertiary/aromatic N) is 4. The number of unbranched alkanes of at least 4 members (excludes halogenated alkanes) is 6. The molecule has 2 fully saturated rings. The Morgan fingerprint density at radius 1 is 0.870 bits per heavy atom. The van der Waals surface area contributed by atoms with Gasteiger partial charge in [-0.3, -0.25) is 24.0 Å². The molecule has 77 heavy (non-hydrogen) atoms. The number of amides is 5. The second-order valence-electron chi connectivity index (χ2n) is 22.1. The number of nitrogens with one attached hydrogen (secondary N) is 4. The predicted octanol–water partition coefficient (Wildman–Crippen LogP) is 9.78. The monoisotopic (exact) mass is 1090 g/mol. The van der Waals surface area contributed by atoms with Crippen LogP contribution < -0.4 is 26.0 Å². The van der Waals surface area contributed by atoms with Crippen molar-refractivity contribution in [3.63, 3.8) is 0 Å². The molecule has 5 N–H and O–H groups in total. The number of ether oxygens (including phenoxy) is 1. The van der Waals surface area contributed by atoms with Crippen molar-refractivity contribution in [3.8, 4) is 22.3 Å². The molecule has 3 heterocycles. The number of likely N-dealkylation sites (tertiary alicyclic amines) is 1. The average Bonchev–Trinajstić information content (AvgIpc) is 4.23. The zero-order valence-electron chi connectivity index (χ0n) is 45.4. The quantitative estimate of drug-likeness (QED) is 0.0365. The lowest BCUT2D eigenvalue weighted by molar-refractivity contribution is -0.164. The molecule has 5 aromatic rings. The molecule has 1 aliphatic carbocycles. The van der Waals surface area contributed by atoms with E-state index in [4.69, 9.17) is 20.9 Å². The second kappa shape index (κ2) is 25.7. The number of nitriles is 1. The molecule has 410 valence electrons. The number of rotatable bonds is 24. The molecule has 5 amide bonds. The van der Waals surface area contributed by atoms with Gasteiger partial charge in [-0.25, -0.2) is 4.98 Å². The van der Waals surface area contributed by atoms with Crippen LogP contribution >= 0.6 is 22.9 Å². The van der Waals surface area contributed by atoms with Crippen LogP contribution in [0.5, 0.6) is 5.75 Å². The van der Waals surface area contributed by atoms with Gasteiger partial charge >= 0.3 is 0 Å². The maximum absolute atomic E-state index is 14.2. The van der Waals surface area contributed by atoms with Crippen molar-refractivity contribution in [1.82, 2.24) is 36.3 Å². The Bertz CT molecular complexity index is 2900. The van der Waals surface area contributed by atoms with E-state index in [-0.39, 0.29) is 61.1 Å². The van der Waals surface area contributed by atoms with Crippen LogP contribution in [0.2, 0.25) is 5.02 Å². The molecule has 1 aliphatic heterocycles. The second-order valence-corrected chi connectivity index (χ2v) is 23.4. The van der Waals surface area contributed by atoms with Gasteiger partial charge in [0, 0.05) is 66.2 Å². The first-order chi connectivity index (χ1) is 36.7. The molecule has 2 aliphatic rings. The molecule has 3 aromatic carbocycles. The maximum Gasteiger partial charge on any atom is 0.251 e. The largest absolute Gasteiger partial charge is 0.489 e. The maximum atomic E-state index is 14.2. The van der Waals surface area contributed by atoms with Crippen LogP contribution in [0.1, 0.15) is 160 Å². The highest BCUT2D eigenvalue weighted by Crippen LogP contribution is 2.55. The first-order valence-corrected chi connectivity index (χ1v) is 28.0. The van der Waals surface area contributed by atoms with E-state index in [9.17, 15) is 34.3 Å². The number of aromatic nitrogens is 2. The van der Waals surface area contributed by atoms with Crippen molar-refractivity contribution < 1.29 is 38.3 Å². The fraction of sp³-hybridized carbons (Fsp3) is 0.492. The SMILES string of the molecule is Cc1cc(C(C(=O)N2CC(O)CC2C(=O)NC(CC(=O)NCCCCCCCCCNC(=O)c2ccc(C(=O)NC3C(C)(C)C(Oc4ccc(C#N)c(Cl)c4)C3(C)C)cc2)c2ccc(-c3scnc3C)cc2)C(C)C)on1. The Kier molecular flexibility index (Phi) is 19.4. The summed E-state index contributed by atoms with van der Waals surface area (Å²) in [6.07, 6.45) is 5.48. The number of hydrogen-bond donors (Lipinski definition) is 5. The van der Waals surface area contributed by atoms with E-state index in [1.54, 1.807) is 61.0 Å². The molecule has 0 radical (unpaired) electrons. The molecule has 1 saturated heterocycles. The topological polar surface area (TPSA) is 229 Å². The summed E-state index contributed by atoms with van der Waals surface area (Å²) in [5.41, 5.74) is 5.54. The third-order valence-electron chi connectivity index (χ3n) is 15.1. The molecule has 7 rings (SSSR count). The standard InChI is InChI=1S/C59H73ClN8O8S/c1-35(2)50(48-28-36(3)67-76-48)55(74)68-33-43(69)29-47(68)54(73)65-46(38-16-18-39(19-17-38)51-37(4)64-34-77-51)31-49(70)62-26-14-12-10-9-11-13-15-27-63-52(71)40-20-22-41(23-21-40)53(72)66-56-58(5,6)57(59(56,7)8)75-44-25-24-42(32-61)45(60)30-44/h16-25,28,30,34-35,43,46-47,50,56-57,69H,9-15,26-27,29,31,33H2,1-8H3,(H,62,70)(H,63,71)(H,65,73)(H,66,72). The van der Waals surface area contributed by atoms with E-state index in [2.05, 4.69) is 37.5 Å². The molecule has 0 spiro atoms. The van der Waals surface area contributed by atoms with Gasteiger partial charge in [0.2, 0.25) is 17.7 Å². The number of benzene rings is 3. The Morgan fingerprint density at radius 2 is 1.49 bits per heavy atom. The number of halogens is 1. The van der Waals surface area contributed by atoms with Crippen molar-refractivity contribution in [2.24, 2.45) is 16.7 Å². The van der Waals surface area contributed by atoms with E-state index < -0.39 is 40.8 Å². The minimum Gasteiger partial charge on any atom is -0.489 e. The van der Waals surface area contributed by atoms with Gasteiger partial charge in [0.1, 0.15) is 35.6 Å². The number of hydrogen-bond acceptors (Lipinski definition) is 12. The van der Waals surface area contributed by atoms with Crippen molar-refractivity contribution in [2.75, 3.05) is 19.6 Å². The van der Waals surface area contributed by atoms with Gasteiger partial charge in [0.25, 0.3) is 11.8 Å². The summed E-state index contributed by atoms with van der Waals surface area (Å²) in [5.74, 6) is -1.29. The highest BCUT2D eigenvalue weighted by molar-refractivity contribution is 7.13. The van der Waals surface area contributed by atoms with E-state index in [0.717, 1.165) is 66.6 Å². The smallest absolute Gasteiger partial charge is 0.251 e. The lowest BCUT2D eigenvalue weighted by Crippen LogP contribution is -2.74. The number of carbonyl (C=O) groups excluding carboxylic acids is 5. The summed E-state index contributed by atoms with van der Waals surface area (Å²) in [6, 6.07) is 21.3. The molecule has 1 saturated carbocycles. The third-order valence-corrected chi connectivity index (χ3v) is 16.4. The fourth-order valence-electron chi connectivity index (χ4n) is 11.2. The molecule has 18 heteroatoms. The first-order valence-electron chi connectivity index (χ1n) is 26.7. The van der Waals surface area contributed by atoms with Crippen LogP contribution in [0.25, 0.3) is 10.4 Å². The molecule has 4 unspecified atom stereocenters. The lowest BCUT2D eigenvalue weighted by atomic mass is 9.49. The summed E-state index contributed by atoms with van der Waals surface area (Å²) in [4.78, 5) is 74.9. The van der Waals surface area contributed by atoms with Gasteiger partial charge in [-0.15, -0.1) is 11.3 Å². The summed E-state index contributed by atoms with van der Waals surface area (Å²) >= 11 is 7.78. The van der Waals surface area contributed by atoms with Crippen LogP contribution in [-0.4, -0.2) is 93.6 Å². The van der Waals surface area contributed by atoms with Gasteiger partial charge in [0.15, 0.2) is 0 Å². The summed E-state index contributed by atoms with van der Waals surface area (Å²) in [5, 5.41) is 36.6. The zero-order valence-corrected chi connectivity index (χ0v) is 47.0. The molecule has 0 bridgehead atoms. The molecule has 16 nitrogen and oxygen atoms in total. The Hall–Kier alpha value is -6.61. The fourth-order valence-corrected chi connectivity index (χ4v) is 12.2. The first kappa shape index (κ1) is 58.1. The van der Waals surface area contributed by atoms with Gasteiger partial charge in [-0.2, -0.15) is 5.26 Å². The van der Waals surface area contributed by atoms with Crippen LogP contribution in [0.3, 0.4) is 0 Å². The summed E-state index contributed by atoms with van der Waals surface area (Å²) in [7, 11) is 0. The minimum atomic E-state index is -0.945. The number of aliphatic hydroxyl groups excluding tert-OH is 1. The van der Waals surface area contributed by atoms with Crippen LogP contribution in [0, 0.1) is 41.9 Å². The zero-order chi connectivity index (χ0) is 55.6. The molecule has 2 aromatic heterocycles. The van der Waals surface area contributed by atoms with E-state index in [0.29, 0.717) is 52.0 Å². The van der Waals surface area contributed by atoms with E-state index in [1.165, 1.54) is 16.2 Å². The highest BCUT2D eigenvalue weighted by Gasteiger charge is 2.64. The predicted molar refractivity (Wildman–Crippen MR) is 296 cm³/mol. The van der Waals surface area contributed by atoms with Gasteiger partial charge in [0.05, 0.1) is 50.9 Å². The normalized spacial score (nSPS) is 19.1. The van der Waals surface area contributed by atoms with Crippen molar-refractivity contribution in [2.45, 2.75) is 149 Å². The van der Waals surface area contributed by atoms with Crippen molar-refractivity contribution in [3.05, 3.63) is 123 Å². The molecular formula is C59H73ClN8O8S. The van der Waals surface area contributed by atoms with E-state index in [1.807, 2.05) is 72.7 Å². The number of β-amino-alcohol motifs (C(OH)–C–C–N with tert-alkyl or cyclic N) is 1. The Balaban J connectivity index is 0.808. The van der Waals surface area contributed by atoms with Crippen molar-refractivity contribution in [1.29, 1.82) is 5.26 Å². The third kappa shape index (κ3) is 14.1. The Morgan fingerprint density at radius 3 is 2.06 bits per heavy atom. The van der Waals surface area contributed by atoms with Gasteiger partial charge < -0.3 is 40.5 Å². The van der Waals surface area contributed by atoms with E-state index >= 15 is 0 Å². The van der Waals surface area contributed by atoms with Crippen molar-refractivity contribution >= 4 is 52.5 Å². The minimum absolute atomic E-state index is 0.000812. The summed E-state index contributed by atoms with van der Waals surface area (Å²) < 4.78 is 11.8.